The van der Waals surface area contributed by atoms with E-state index >= 15 is 0 Å². The number of fused-ring (bicyclic) bond motifs is 2. The summed E-state index contributed by atoms with van der Waals surface area (Å²) in [4.78, 5) is 30.8. The van der Waals surface area contributed by atoms with Crippen molar-refractivity contribution in [3.8, 4) is 11.5 Å². The van der Waals surface area contributed by atoms with Crippen molar-refractivity contribution < 1.29 is 19.1 Å². The molecule has 0 aliphatic carbocycles. The number of carbonyl (C=O) groups excluding carboxylic acids is 2. The normalized spacial score (nSPS) is 16.2. The Balaban J connectivity index is 1.62. The molecule has 2 heterocycles. The third-order valence-corrected chi connectivity index (χ3v) is 6.17. The van der Waals surface area contributed by atoms with Crippen LogP contribution in [0.4, 0.5) is 11.4 Å². The van der Waals surface area contributed by atoms with Crippen LogP contribution in [0.3, 0.4) is 0 Å². The molecule has 2 aliphatic heterocycles. The van der Waals surface area contributed by atoms with Gasteiger partial charge in [0.15, 0.2) is 0 Å². The Bertz CT molecular complexity index is 1020. The van der Waals surface area contributed by atoms with Gasteiger partial charge < -0.3 is 19.3 Å². The van der Waals surface area contributed by atoms with E-state index in [0.29, 0.717) is 22.6 Å². The molecule has 6 heteroatoms. The molecule has 0 radical (unpaired) electrons. The monoisotopic (exact) mass is 462 g/mol. The van der Waals surface area contributed by atoms with E-state index in [-0.39, 0.29) is 23.1 Å². The van der Waals surface area contributed by atoms with Crippen molar-refractivity contribution in [1.29, 1.82) is 0 Å². The number of allylic oxidation sites excluding steroid dienone is 2. The Morgan fingerprint density at radius 1 is 0.588 bits per heavy atom. The first-order valence-corrected chi connectivity index (χ1v) is 12.5. The van der Waals surface area contributed by atoms with Gasteiger partial charge in [-0.05, 0) is 49.9 Å². The number of ketones is 2. The molecule has 0 amide bonds. The SMILES string of the molecule is CCCN(CCC)c1ccc2c(c1)O/C(=C1\Oc3cc(N(CCC)CCC)ccc3C1=O)C2=O. The summed E-state index contributed by atoms with van der Waals surface area (Å²) in [5.74, 6) is 0.292. The van der Waals surface area contributed by atoms with Gasteiger partial charge in [0, 0.05) is 49.7 Å². The maximum atomic E-state index is 13.1. The van der Waals surface area contributed by atoms with E-state index in [1.165, 1.54) is 0 Å². The summed E-state index contributed by atoms with van der Waals surface area (Å²) in [5.41, 5.74) is 2.95. The molecule has 2 aromatic carbocycles. The fourth-order valence-electron chi connectivity index (χ4n) is 4.64. The summed E-state index contributed by atoms with van der Waals surface area (Å²) in [6, 6.07) is 11.3. The second-order valence-electron chi connectivity index (χ2n) is 8.86. The molecule has 4 rings (SSSR count). The first-order chi connectivity index (χ1) is 16.5. The lowest BCUT2D eigenvalue weighted by atomic mass is 10.1. The van der Waals surface area contributed by atoms with Crippen molar-refractivity contribution >= 4 is 22.9 Å². The van der Waals surface area contributed by atoms with Crippen LogP contribution in [0.25, 0.3) is 0 Å². The average molecular weight is 463 g/mol. The summed E-state index contributed by atoms with van der Waals surface area (Å²) in [6.45, 7) is 12.3. The Hall–Kier alpha value is -3.28. The summed E-state index contributed by atoms with van der Waals surface area (Å²) >= 11 is 0. The van der Waals surface area contributed by atoms with Gasteiger partial charge in [0.25, 0.3) is 0 Å². The number of hydrogen-bond acceptors (Lipinski definition) is 6. The third-order valence-electron chi connectivity index (χ3n) is 6.17. The number of ether oxygens (including phenoxy) is 2. The molecule has 2 aromatic rings. The molecule has 0 saturated carbocycles. The highest BCUT2D eigenvalue weighted by molar-refractivity contribution is 6.21. The van der Waals surface area contributed by atoms with E-state index in [0.717, 1.165) is 63.2 Å². The molecule has 0 fully saturated rings. The number of nitrogens with zero attached hydrogens (tertiary/aromatic N) is 2. The Kier molecular flexibility index (Phi) is 7.25. The number of hydrogen-bond donors (Lipinski definition) is 0. The number of anilines is 2. The minimum atomic E-state index is -0.311. The zero-order valence-electron chi connectivity index (χ0n) is 20.6. The molecule has 2 aliphatic rings. The molecule has 34 heavy (non-hydrogen) atoms. The zero-order chi connectivity index (χ0) is 24.2. The highest BCUT2D eigenvalue weighted by Crippen LogP contribution is 2.40. The van der Waals surface area contributed by atoms with Crippen LogP contribution in [-0.4, -0.2) is 37.7 Å². The average Bonchev–Trinajstić information content (AvgIpc) is 3.34. The third kappa shape index (κ3) is 4.41. The molecule has 0 atom stereocenters. The molecule has 0 bridgehead atoms. The van der Waals surface area contributed by atoms with Crippen molar-refractivity contribution in [2.24, 2.45) is 0 Å². The minimum Gasteiger partial charge on any atom is -0.448 e. The van der Waals surface area contributed by atoms with Gasteiger partial charge in [-0.1, -0.05) is 27.7 Å². The molecule has 180 valence electrons. The van der Waals surface area contributed by atoms with Crippen LogP contribution in [0.5, 0.6) is 11.5 Å². The van der Waals surface area contributed by atoms with Gasteiger partial charge in [-0.2, -0.15) is 0 Å². The predicted octanol–water partition coefficient (Wildman–Crippen LogP) is 6.00. The van der Waals surface area contributed by atoms with Crippen molar-refractivity contribution in [3.05, 3.63) is 59.0 Å². The lowest BCUT2D eigenvalue weighted by Crippen LogP contribution is -2.24. The molecule has 0 unspecified atom stereocenters. The Morgan fingerprint density at radius 2 is 0.941 bits per heavy atom. The van der Waals surface area contributed by atoms with Crippen molar-refractivity contribution in [1.82, 2.24) is 0 Å². The summed E-state index contributed by atoms with van der Waals surface area (Å²) in [6.07, 6.45) is 4.12. The lowest BCUT2D eigenvalue weighted by Gasteiger charge is -2.24. The van der Waals surface area contributed by atoms with Gasteiger partial charge in [-0.15, -0.1) is 0 Å². The smallest absolute Gasteiger partial charge is 0.236 e. The number of benzene rings is 2. The van der Waals surface area contributed by atoms with E-state index in [4.69, 9.17) is 9.47 Å². The largest absolute Gasteiger partial charge is 0.448 e. The van der Waals surface area contributed by atoms with E-state index in [1.54, 1.807) is 12.1 Å². The highest BCUT2D eigenvalue weighted by atomic mass is 16.5. The molecule has 0 spiro atoms. The van der Waals surface area contributed by atoms with Crippen LogP contribution < -0.4 is 19.3 Å². The van der Waals surface area contributed by atoms with Crippen molar-refractivity contribution in [3.63, 3.8) is 0 Å². The summed E-state index contributed by atoms with van der Waals surface area (Å²) in [5, 5.41) is 0. The van der Waals surface area contributed by atoms with Crippen LogP contribution in [0, 0.1) is 0 Å². The van der Waals surface area contributed by atoms with Gasteiger partial charge in [-0.3, -0.25) is 9.59 Å². The molecule has 0 saturated heterocycles. The number of carbonyl (C=O) groups is 2. The molecular formula is C28H34N2O4. The first kappa shape index (κ1) is 23.9. The maximum absolute atomic E-state index is 13.1. The standard InChI is InChI=1S/C28H34N2O4/c1-5-13-29(14-6-2)19-9-11-21-23(17-19)33-27(25(21)31)28-26(32)22-12-10-20(18-24(22)34-28)30(15-7-3)16-8-4/h9-12,17-18H,5-8,13-16H2,1-4H3/b28-27-. The second-order valence-corrected chi connectivity index (χ2v) is 8.86. The van der Waals surface area contributed by atoms with E-state index < -0.39 is 0 Å². The minimum absolute atomic E-state index is 0.0218. The Labute approximate surface area is 202 Å². The maximum Gasteiger partial charge on any atom is 0.236 e. The molecule has 0 N–H and O–H groups in total. The molecular weight excluding hydrogens is 428 g/mol. The van der Waals surface area contributed by atoms with Gasteiger partial charge in [0.2, 0.25) is 23.1 Å². The molecule has 6 nitrogen and oxygen atoms in total. The van der Waals surface area contributed by atoms with E-state index in [2.05, 4.69) is 37.5 Å². The van der Waals surface area contributed by atoms with Gasteiger partial charge >= 0.3 is 0 Å². The number of Topliss-reactive ketones (excluding diaryl/α,β-unsaturated/α-hetero) is 2. The first-order valence-electron chi connectivity index (χ1n) is 12.5. The summed E-state index contributed by atoms with van der Waals surface area (Å²) < 4.78 is 11.9. The van der Waals surface area contributed by atoms with Crippen molar-refractivity contribution in [2.75, 3.05) is 36.0 Å². The fourth-order valence-corrected chi connectivity index (χ4v) is 4.64. The van der Waals surface area contributed by atoms with E-state index in [9.17, 15) is 9.59 Å². The van der Waals surface area contributed by atoms with Crippen LogP contribution in [-0.2, 0) is 0 Å². The quantitative estimate of drug-likeness (QED) is 0.404. The highest BCUT2D eigenvalue weighted by Gasteiger charge is 2.39. The zero-order valence-corrected chi connectivity index (χ0v) is 20.6. The predicted molar refractivity (Wildman–Crippen MR) is 135 cm³/mol. The van der Waals surface area contributed by atoms with Crippen LogP contribution in [0.1, 0.15) is 74.1 Å². The second kappa shape index (κ2) is 10.3. The van der Waals surface area contributed by atoms with Gasteiger partial charge in [0.1, 0.15) is 11.5 Å². The van der Waals surface area contributed by atoms with Crippen LogP contribution in [0.2, 0.25) is 0 Å². The summed E-state index contributed by atoms with van der Waals surface area (Å²) in [7, 11) is 0. The van der Waals surface area contributed by atoms with Crippen LogP contribution >= 0.6 is 0 Å². The number of rotatable bonds is 10. The van der Waals surface area contributed by atoms with Crippen molar-refractivity contribution in [2.45, 2.75) is 53.4 Å². The fraction of sp³-hybridized carbons (Fsp3) is 0.429. The van der Waals surface area contributed by atoms with E-state index in [1.807, 2.05) is 24.3 Å². The topological polar surface area (TPSA) is 59.1 Å². The van der Waals surface area contributed by atoms with Gasteiger partial charge in [-0.25, -0.2) is 0 Å². The van der Waals surface area contributed by atoms with Crippen LogP contribution in [0.15, 0.2) is 47.9 Å². The lowest BCUT2D eigenvalue weighted by molar-refractivity contribution is 0.0960. The Morgan fingerprint density at radius 3 is 1.26 bits per heavy atom. The molecule has 0 aromatic heterocycles. The van der Waals surface area contributed by atoms with Gasteiger partial charge in [0.05, 0.1) is 11.1 Å².